The number of ether oxygens (including phenoxy) is 1. The summed E-state index contributed by atoms with van der Waals surface area (Å²) in [5, 5.41) is 5.25. The lowest BCUT2D eigenvalue weighted by Gasteiger charge is -2.09. The number of unbranched alkanes of at least 4 members (excludes halogenated alkanes) is 1. The maximum atomic E-state index is 12.2. The first-order valence-corrected chi connectivity index (χ1v) is 9.96. The standard InChI is InChI=1S/C26H25NO3/c1-30-26(29)23-14-9-10-15-24(23)27-25(28)16-6-4-2-3-5-11-20-17-18-21-12-7-8-13-22(21)19-20/h2-3,5,7-15,17-19H,4,6,16H2,1H3,(H,27,28)/b3-2+,11-5+. The van der Waals surface area contributed by atoms with Gasteiger partial charge in [-0.2, -0.15) is 0 Å². The van der Waals surface area contributed by atoms with Gasteiger partial charge in [-0.15, -0.1) is 0 Å². The Balaban J connectivity index is 1.43. The second kappa shape index (κ2) is 10.8. The number of rotatable bonds is 8. The fourth-order valence-corrected chi connectivity index (χ4v) is 3.13. The van der Waals surface area contributed by atoms with Crippen molar-refractivity contribution in [3.63, 3.8) is 0 Å². The molecule has 4 heteroatoms. The molecule has 0 aliphatic carbocycles. The van der Waals surface area contributed by atoms with Gasteiger partial charge in [-0.25, -0.2) is 4.79 Å². The van der Waals surface area contributed by atoms with Crippen molar-refractivity contribution in [2.45, 2.75) is 19.3 Å². The van der Waals surface area contributed by atoms with Gasteiger partial charge in [-0.1, -0.05) is 72.8 Å². The minimum Gasteiger partial charge on any atom is -0.465 e. The van der Waals surface area contributed by atoms with Crippen LogP contribution < -0.4 is 5.32 Å². The number of benzene rings is 3. The summed E-state index contributed by atoms with van der Waals surface area (Å²) in [6, 6.07) is 21.5. The first-order valence-electron chi connectivity index (χ1n) is 9.96. The third-order valence-electron chi connectivity index (χ3n) is 4.69. The van der Waals surface area contributed by atoms with Crippen LogP contribution in [-0.2, 0) is 9.53 Å². The Kier molecular flexibility index (Phi) is 7.56. The van der Waals surface area contributed by atoms with Crippen LogP contribution >= 0.6 is 0 Å². The summed E-state index contributed by atoms with van der Waals surface area (Å²) < 4.78 is 4.74. The highest BCUT2D eigenvalue weighted by atomic mass is 16.5. The summed E-state index contributed by atoms with van der Waals surface area (Å²) in [6.45, 7) is 0. The number of anilines is 1. The normalized spacial score (nSPS) is 11.2. The number of fused-ring (bicyclic) bond motifs is 1. The highest BCUT2D eigenvalue weighted by Gasteiger charge is 2.12. The number of esters is 1. The van der Waals surface area contributed by atoms with E-state index in [-0.39, 0.29) is 5.91 Å². The van der Waals surface area contributed by atoms with Gasteiger partial charge in [-0.05, 0) is 47.4 Å². The van der Waals surface area contributed by atoms with E-state index in [1.807, 2.05) is 30.4 Å². The van der Waals surface area contributed by atoms with E-state index < -0.39 is 5.97 Å². The first kappa shape index (κ1) is 21.1. The van der Waals surface area contributed by atoms with Crippen LogP contribution in [-0.4, -0.2) is 19.0 Å². The number of amides is 1. The molecule has 3 aromatic carbocycles. The number of allylic oxidation sites excluding steroid dienone is 3. The van der Waals surface area contributed by atoms with Crippen molar-refractivity contribution in [1.29, 1.82) is 0 Å². The van der Waals surface area contributed by atoms with Crippen LogP contribution in [0.15, 0.2) is 85.0 Å². The Morgan fingerprint density at radius 3 is 2.53 bits per heavy atom. The Hall–Kier alpha value is -3.66. The smallest absolute Gasteiger partial charge is 0.339 e. The van der Waals surface area contributed by atoms with Gasteiger partial charge in [0.1, 0.15) is 0 Å². The van der Waals surface area contributed by atoms with E-state index in [0.29, 0.717) is 17.7 Å². The predicted octanol–water partition coefficient (Wildman–Crippen LogP) is 6.00. The molecular weight excluding hydrogens is 374 g/mol. The second-order valence-corrected chi connectivity index (χ2v) is 6.87. The number of para-hydroxylation sites is 1. The zero-order chi connectivity index (χ0) is 21.2. The van der Waals surface area contributed by atoms with Crippen LogP contribution in [0.5, 0.6) is 0 Å². The van der Waals surface area contributed by atoms with Crippen LogP contribution in [0.25, 0.3) is 16.8 Å². The third kappa shape index (κ3) is 5.92. The zero-order valence-corrected chi connectivity index (χ0v) is 17.0. The summed E-state index contributed by atoms with van der Waals surface area (Å²) in [5.74, 6) is -0.585. The summed E-state index contributed by atoms with van der Waals surface area (Å²) in [5.41, 5.74) is 1.98. The molecule has 0 saturated heterocycles. The van der Waals surface area contributed by atoms with E-state index in [1.54, 1.807) is 24.3 Å². The van der Waals surface area contributed by atoms with Crippen LogP contribution in [0.2, 0.25) is 0 Å². The van der Waals surface area contributed by atoms with Crippen molar-refractivity contribution in [1.82, 2.24) is 0 Å². The average molecular weight is 399 g/mol. The van der Waals surface area contributed by atoms with E-state index in [9.17, 15) is 9.59 Å². The molecule has 0 fully saturated rings. The second-order valence-electron chi connectivity index (χ2n) is 6.87. The van der Waals surface area contributed by atoms with E-state index >= 15 is 0 Å². The summed E-state index contributed by atoms with van der Waals surface area (Å²) in [4.78, 5) is 23.9. The van der Waals surface area contributed by atoms with E-state index in [0.717, 1.165) is 18.4 Å². The maximum Gasteiger partial charge on any atom is 0.339 e. The molecule has 0 bridgehead atoms. The highest BCUT2D eigenvalue weighted by Crippen LogP contribution is 2.17. The molecule has 0 heterocycles. The fraction of sp³-hybridized carbons (Fsp3) is 0.154. The highest BCUT2D eigenvalue weighted by molar-refractivity contribution is 6.01. The minimum atomic E-state index is -0.466. The molecule has 0 aliphatic rings. The summed E-state index contributed by atoms with van der Waals surface area (Å²) in [6.07, 6.45) is 10.0. The minimum absolute atomic E-state index is 0.119. The van der Waals surface area contributed by atoms with E-state index in [1.165, 1.54) is 17.9 Å². The Labute approximate surface area is 176 Å². The van der Waals surface area contributed by atoms with Gasteiger partial charge in [0.15, 0.2) is 0 Å². The SMILES string of the molecule is COC(=O)c1ccccc1NC(=O)CCC/C=C/C=C/c1ccc2ccccc2c1. The Bertz CT molecular complexity index is 1080. The molecule has 1 amide bonds. The van der Waals surface area contributed by atoms with Crippen molar-refractivity contribution in [2.75, 3.05) is 12.4 Å². The zero-order valence-electron chi connectivity index (χ0n) is 17.0. The van der Waals surface area contributed by atoms with Gasteiger partial charge < -0.3 is 10.1 Å². The molecule has 4 nitrogen and oxygen atoms in total. The largest absolute Gasteiger partial charge is 0.465 e. The van der Waals surface area contributed by atoms with Gasteiger partial charge >= 0.3 is 5.97 Å². The number of carbonyl (C=O) groups excluding carboxylic acids is 2. The molecule has 0 saturated carbocycles. The fourth-order valence-electron chi connectivity index (χ4n) is 3.13. The lowest BCUT2D eigenvalue weighted by Crippen LogP contribution is -2.14. The molecule has 0 aromatic heterocycles. The molecule has 0 spiro atoms. The van der Waals surface area contributed by atoms with Gasteiger partial charge in [0.25, 0.3) is 0 Å². The van der Waals surface area contributed by atoms with Crippen molar-refractivity contribution in [3.05, 3.63) is 96.1 Å². The van der Waals surface area contributed by atoms with Gasteiger partial charge in [-0.3, -0.25) is 4.79 Å². The number of nitrogens with one attached hydrogen (secondary N) is 1. The van der Waals surface area contributed by atoms with Crippen molar-refractivity contribution in [2.24, 2.45) is 0 Å². The number of hydrogen-bond acceptors (Lipinski definition) is 3. The van der Waals surface area contributed by atoms with Crippen LogP contribution in [0.3, 0.4) is 0 Å². The first-order chi connectivity index (χ1) is 14.7. The molecule has 0 aliphatic heterocycles. The van der Waals surface area contributed by atoms with E-state index in [2.05, 4.69) is 41.7 Å². The Morgan fingerprint density at radius 1 is 0.933 bits per heavy atom. The topological polar surface area (TPSA) is 55.4 Å². The lowest BCUT2D eigenvalue weighted by molar-refractivity contribution is -0.116. The number of hydrogen-bond donors (Lipinski definition) is 1. The van der Waals surface area contributed by atoms with Crippen LogP contribution in [0.1, 0.15) is 35.2 Å². The molecule has 30 heavy (non-hydrogen) atoms. The average Bonchev–Trinajstić information content (AvgIpc) is 2.78. The number of carbonyl (C=O) groups is 2. The number of methoxy groups -OCH3 is 1. The van der Waals surface area contributed by atoms with Crippen molar-refractivity contribution in [3.8, 4) is 0 Å². The van der Waals surface area contributed by atoms with Gasteiger partial charge in [0.05, 0.1) is 18.4 Å². The predicted molar refractivity (Wildman–Crippen MR) is 122 cm³/mol. The van der Waals surface area contributed by atoms with Gasteiger partial charge in [0.2, 0.25) is 5.91 Å². The molecular formula is C26H25NO3. The van der Waals surface area contributed by atoms with Crippen molar-refractivity contribution >= 4 is 34.4 Å². The molecule has 3 aromatic rings. The Morgan fingerprint density at radius 2 is 1.70 bits per heavy atom. The maximum absolute atomic E-state index is 12.2. The molecule has 0 unspecified atom stereocenters. The quantitative estimate of drug-likeness (QED) is 0.287. The van der Waals surface area contributed by atoms with Crippen LogP contribution in [0.4, 0.5) is 5.69 Å². The van der Waals surface area contributed by atoms with E-state index in [4.69, 9.17) is 4.74 Å². The van der Waals surface area contributed by atoms with Gasteiger partial charge in [0, 0.05) is 6.42 Å². The molecule has 0 atom stereocenters. The molecule has 1 N–H and O–H groups in total. The molecule has 152 valence electrons. The summed E-state index contributed by atoms with van der Waals surface area (Å²) in [7, 11) is 1.32. The lowest BCUT2D eigenvalue weighted by atomic mass is 10.1. The van der Waals surface area contributed by atoms with Crippen molar-refractivity contribution < 1.29 is 14.3 Å². The molecule has 3 rings (SSSR count). The summed E-state index contributed by atoms with van der Waals surface area (Å²) >= 11 is 0. The molecule has 0 radical (unpaired) electrons. The monoisotopic (exact) mass is 399 g/mol. The van der Waals surface area contributed by atoms with Crippen LogP contribution in [0, 0.1) is 0 Å². The third-order valence-corrected chi connectivity index (χ3v) is 4.69.